The van der Waals surface area contributed by atoms with E-state index < -0.39 is 0 Å². The fourth-order valence-electron chi connectivity index (χ4n) is 3.05. The monoisotopic (exact) mass is 348 g/mol. The van der Waals surface area contributed by atoms with Crippen molar-refractivity contribution in [2.24, 2.45) is 4.99 Å². The highest BCUT2D eigenvalue weighted by atomic mass is 16.1. The van der Waals surface area contributed by atoms with Crippen molar-refractivity contribution in [3.05, 3.63) is 48.0 Å². The Bertz CT molecular complexity index is 1050. The Morgan fingerprint density at radius 1 is 1.12 bits per heavy atom. The number of anilines is 1. The van der Waals surface area contributed by atoms with Crippen molar-refractivity contribution < 1.29 is 9.59 Å². The second-order valence-electron chi connectivity index (χ2n) is 6.03. The first-order chi connectivity index (χ1) is 12.6. The van der Waals surface area contributed by atoms with Crippen LogP contribution in [0.4, 0.5) is 5.82 Å². The molecule has 0 saturated heterocycles. The summed E-state index contributed by atoms with van der Waals surface area (Å²) in [5, 5.41) is 0. The molecule has 0 amide bonds. The Kier molecular flexibility index (Phi) is 4.00. The summed E-state index contributed by atoms with van der Waals surface area (Å²) in [6.07, 6.45) is 3.81. The third-order valence-electron chi connectivity index (χ3n) is 4.35. The van der Waals surface area contributed by atoms with Crippen molar-refractivity contribution in [2.45, 2.75) is 19.4 Å². The van der Waals surface area contributed by atoms with Crippen LogP contribution >= 0.6 is 0 Å². The maximum Gasteiger partial charge on any atom is 0.207 e. The van der Waals surface area contributed by atoms with Gasteiger partial charge in [-0.05, 0) is 6.42 Å². The molecule has 1 aliphatic carbocycles. The van der Waals surface area contributed by atoms with Crippen LogP contribution in [0.1, 0.15) is 33.6 Å². The molecule has 8 nitrogen and oxygen atoms in total. The molecule has 0 saturated carbocycles. The van der Waals surface area contributed by atoms with E-state index in [9.17, 15) is 9.59 Å². The van der Waals surface area contributed by atoms with Gasteiger partial charge in [0.05, 0.1) is 18.5 Å². The SMILES string of the molecule is Nc1ncnc2c1ncn2CCCN=C1CC(=O)c2ccccc2C1=O. The van der Waals surface area contributed by atoms with Gasteiger partial charge in [0.1, 0.15) is 11.8 Å². The number of carbonyl (C=O) groups excluding carboxylic acids is 2. The first-order valence-corrected chi connectivity index (χ1v) is 8.26. The Morgan fingerprint density at radius 3 is 2.77 bits per heavy atom. The van der Waals surface area contributed by atoms with Crippen LogP contribution in [0.15, 0.2) is 41.9 Å². The van der Waals surface area contributed by atoms with Crippen molar-refractivity contribution in [3.63, 3.8) is 0 Å². The molecule has 1 aliphatic rings. The third kappa shape index (κ3) is 2.75. The number of nitrogens with zero attached hydrogens (tertiary/aromatic N) is 5. The van der Waals surface area contributed by atoms with Gasteiger partial charge >= 0.3 is 0 Å². The lowest BCUT2D eigenvalue weighted by molar-refractivity contribution is 0.0964. The maximum atomic E-state index is 12.5. The van der Waals surface area contributed by atoms with Crippen LogP contribution in [0.25, 0.3) is 11.2 Å². The number of hydrogen-bond acceptors (Lipinski definition) is 7. The standard InChI is InChI=1S/C18H16N6O2/c19-17-15-18(22-9-21-17)24(10-23-15)7-3-6-20-13-8-14(25)11-4-1-2-5-12(11)16(13)26/h1-2,4-5,9-10H,3,6-8H2,(H2,19,21,22). The fraction of sp³-hybridized carbons (Fsp3) is 0.222. The smallest absolute Gasteiger partial charge is 0.207 e. The predicted octanol–water partition coefficient (Wildman–Crippen LogP) is 1.71. The number of aryl methyl sites for hydroxylation is 1. The molecule has 26 heavy (non-hydrogen) atoms. The van der Waals surface area contributed by atoms with Crippen LogP contribution in [0.5, 0.6) is 0 Å². The largest absolute Gasteiger partial charge is 0.382 e. The van der Waals surface area contributed by atoms with Crippen LogP contribution in [0.3, 0.4) is 0 Å². The fourth-order valence-corrected chi connectivity index (χ4v) is 3.05. The molecule has 8 heteroatoms. The zero-order valence-electron chi connectivity index (χ0n) is 13.9. The van der Waals surface area contributed by atoms with E-state index in [2.05, 4.69) is 19.9 Å². The van der Waals surface area contributed by atoms with Crippen molar-refractivity contribution in [1.29, 1.82) is 0 Å². The number of benzene rings is 1. The molecule has 1 aromatic carbocycles. The highest BCUT2D eigenvalue weighted by Gasteiger charge is 2.28. The molecule has 130 valence electrons. The summed E-state index contributed by atoms with van der Waals surface area (Å²) >= 11 is 0. The molecular weight excluding hydrogens is 332 g/mol. The second-order valence-corrected chi connectivity index (χ2v) is 6.03. The molecule has 4 rings (SSSR count). The van der Waals surface area contributed by atoms with Gasteiger partial charge in [0.15, 0.2) is 17.2 Å². The summed E-state index contributed by atoms with van der Waals surface area (Å²) in [7, 11) is 0. The average Bonchev–Trinajstić information content (AvgIpc) is 3.07. The van der Waals surface area contributed by atoms with Gasteiger partial charge in [0.2, 0.25) is 5.78 Å². The normalized spacial score (nSPS) is 15.6. The summed E-state index contributed by atoms with van der Waals surface area (Å²) < 4.78 is 1.87. The summed E-state index contributed by atoms with van der Waals surface area (Å²) in [6, 6.07) is 6.87. The first-order valence-electron chi connectivity index (χ1n) is 8.26. The van der Waals surface area contributed by atoms with Gasteiger partial charge in [0, 0.05) is 24.2 Å². The van der Waals surface area contributed by atoms with E-state index in [-0.39, 0.29) is 18.0 Å². The zero-order chi connectivity index (χ0) is 18.1. The lowest BCUT2D eigenvalue weighted by Gasteiger charge is -2.15. The van der Waals surface area contributed by atoms with E-state index in [1.807, 2.05) is 4.57 Å². The van der Waals surface area contributed by atoms with E-state index in [0.29, 0.717) is 53.3 Å². The number of nitrogens with two attached hydrogens (primary N) is 1. The van der Waals surface area contributed by atoms with Gasteiger partial charge in [-0.15, -0.1) is 0 Å². The first kappa shape index (κ1) is 16.1. The molecule has 0 unspecified atom stereocenters. The zero-order valence-corrected chi connectivity index (χ0v) is 13.9. The number of Topliss-reactive ketones (excluding diaryl/α,β-unsaturated/α-hetero) is 2. The lowest BCUT2D eigenvalue weighted by Crippen LogP contribution is -2.27. The number of imidazole rings is 1. The Hall–Kier alpha value is -3.42. The van der Waals surface area contributed by atoms with Crippen LogP contribution < -0.4 is 5.73 Å². The van der Waals surface area contributed by atoms with Gasteiger partial charge in [-0.25, -0.2) is 15.0 Å². The summed E-state index contributed by atoms with van der Waals surface area (Å²) in [6.45, 7) is 1.07. The molecule has 0 spiro atoms. The highest BCUT2D eigenvalue weighted by molar-refractivity contribution is 6.52. The van der Waals surface area contributed by atoms with Crippen molar-refractivity contribution in [3.8, 4) is 0 Å². The van der Waals surface area contributed by atoms with Crippen molar-refractivity contribution >= 4 is 34.3 Å². The third-order valence-corrected chi connectivity index (χ3v) is 4.35. The van der Waals surface area contributed by atoms with Gasteiger partial charge in [0.25, 0.3) is 0 Å². The number of hydrogen-bond donors (Lipinski definition) is 1. The molecule has 2 N–H and O–H groups in total. The number of aliphatic imine (C=N–C) groups is 1. The molecule has 3 aromatic rings. The average molecular weight is 348 g/mol. The van der Waals surface area contributed by atoms with E-state index >= 15 is 0 Å². The molecule has 0 aliphatic heterocycles. The maximum absolute atomic E-state index is 12.5. The number of ketones is 2. The van der Waals surface area contributed by atoms with Crippen LogP contribution in [-0.2, 0) is 6.54 Å². The Morgan fingerprint density at radius 2 is 1.92 bits per heavy atom. The Labute approximate surface area is 148 Å². The minimum Gasteiger partial charge on any atom is -0.382 e. The van der Waals surface area contributed by atoms with Gasteiger partial charge in [-0.3, -0.25) is 14.6 Å². The van der Waals surface area contributed by atoms with E-state index in [1.54, 1.807) is 30.6 Å². The number of carbonyl (C=O) groups is 2. The molecule has 0 radical (unpaired) electrons. The number of rotatable bonds is 4. The topological polar surface area (TPSA) is 116 Å². The van der Waals surface area contributed by atoms with E-state index in [1.165, 1.54) is 6.33 Å². The van der Waals surface area contributed by atoms with Gasteiger partial charge < -0.3 is 10.3 Å². The molecular formula is C18H16N6O2. The number of aromatic nitrogens is 4. The minimum atomic E-state index is -0.159. The number of nitrogen functional groups attached to an aromatic ring is 1. The van der Waals surface area contributed by atoms with Crippen LogP contribution in [0, 0.1) is 0 Å². The van der Waals surface area contributed by atoms with E-state index in [4.69, 9.17) is 5.73 Å². The van der Waals surface area contributed by atoms with Gasteiger partial charge in [-0.2, -0.15) is 0 Å². The second kappa shape index (κ2) is 6.47. The molecule has 2 heterocycles. The molecule has 2 aromatic heterocycles. The highest BCUT2D eigenvalue weighted by Crippen LogP contribution is 2.20. The molecule has 0 fully saturated rings. The molecule has 0 bridgehead atoms. The van der Waals surface area contributed by atoms with Crippen molar-refractivity contribution in [2.75, 3.05) is 12.3 Å². The van der Waals surface area contributed by atoms with Crippen LogP contribution in [-0.4, -0.2) is 43.3 Å². The van der Waals surface area contributed by atoms with Gasteiger partial charge in [-0.1, -0.05) is 24.3 Å². The summed E-state index contributed by atoms with van der Waals surface area (Å²) in [4.78, 5) is 41.3. The van der Waals surface area contributed by atoms with Crippen molar-refractivity contribution in [1.82, 2.24) is 19.5 Å². The summed E-state index contributed by atoms with van der Waals surface area (Å²) in [5.74, 6) is 0.125. The number of fused-ring (bicyclic) bond motifs is 2. The van der Waals surface area contributed by atoms with Crippen LogP contribution in [0.2, 0.25) is 0 Å². The summed E-state index contributed by atoms with van der Waals surface area (Å²) in [5.41, 5.74) is 8.27. The predicted molar refractivity (Wildman–Crippen MR) is 96.4 cm³/mol. The van der Waals surface area contributed by atoms with E-state index in [0.717, 1.165) is 0 Å². The Balaban J connectivity index is 1.45. The lowest BCUT2D eigenvalue weighted by atomic mass is 9.88. The minimum absolute atomic E-state index is 0.0631. The quantitative estimate of drug-likeness (QED) is 0.718. The molecule has 0 atom stereocenters.